The van der Waals surface area contributed by atoms with Crippen molar-refractivity contribution in [1.29, 1.82) is 0 Å². The van der Waals surface area contributed by atoms with Gasteiger partial charge in [-0.25, -0.2) is 0 Å². The first kappa shape index (κ1) is 8.27. The third-order valence-corrected chi connectivity index (χ3v) is 1.76. The largest absolute Gasteiger partial charge is 0.399 e. The van der Waals surface area contributed by atoms with Crippen molar-refractivity contribution in [1.82, 2.24) is 5.32 Å². The molecule has 1 aliphatic heterocycles. The van der Waals surface area contributed by atoms with Gasteiger partial charge in [-0.05, 0) is 25.5 Å². The SMILES string of the molecule is CON=C(C)C1=CCNCC1. The minimum absolute atomic E-state index is 0.950. The van der Waals surface area contributed by atoms with E-state index in [1.807, 2.05) is 6.92 Å². The fourth-order valence-corrected chi connectivity index (χ4v) is 1.15. The molecular weight excluding hydrogens is 140 g/mol. The standard InChI is InChI=1S/C8H14N2O/c1-7(10-11-2)8-3-5-9-6-4-8/h3,9H,4-6H2,1-2H3. The van der Waals surface area contributed by atoms with Crippen molar-refractivity contribution in [3.8, 4) is 0 Å². The predicted molar refractivity (Wildman–Crippen MR) is 45.7 cm³/mol. The Balaban J connectivity index is 2.58. The summed E-state index contributed by atoms with van der Waals surface area (Å²) in [6.45, 7) is 3.97. The Morgan fingerprint density at radius 2 is 2.55 bits per heavy atom. The van der Waals surface area contributed by atoms with Crippen LogP contribution in [0.4, 0.5) is 0 Å². The zero-order valence-electron chi connectivity index (χ0n) is 7.05. The third-order valence-electron chi connectivity index (χ3n) is 1.76. The molecule has 0 amide bonds. The Morgan fingerprint density at radius 3 is 3.09 bits per heavy atom. The predicted octanol–water partition coefficient (Wildman–Crippen LogP) is 0.928. The Labute approximate surface area is 67.1 Å². The Kier molecular flexibility index (Phi) is 3.11. The highest BCUT2D eigenvalue weighted by Crippen LogP contribution is 2.06. The van der Waals surface area contributed by atoms with E-state index in [0.29, 0.717) is 0 Å². The smallest absolute Gasteiger partial charge is 0.106 e. The lowest BCUT2D eigenvalue weighted by Gasteiger charge is -2.12. The molecule has 0 aromatic rings. The molecule has 0 atom stereocenters. The molecule has 0 saturated carbocycles. The van der Waals surface area contributed by atoms with Crippen LogP contribution in [0.3, 0.4) is 0 Å². The zero-order valence-corrected chi connectivity index (χ0v) is 7.05. The molecule has 0 aromatic carbocycles. The fourth-order valence-electron chi connectivity index (χ4n) is 1.15. The summed E-state index contributed by atoms with van der Waals surface area (Å²) in [7, 11) is 1.57. The summed E-state index contributed by atoms with van der Waals surface area (Å²) in [5, 5.41) is 7.11. The summed E-state index contributed by atoms with van der Waals surface area (Å²) in [6, 6.07) is 0. The lowest BCUT2D eigenvalue weighted by atomic mass is 10.1. The highest BCUT2D eigenvalue weighted by Gasteiger charge is 2.05. The Bertz CT molecular complexity index is 185. The van der Waals surface area contributed by atoms with Gasteiger partial charge in [-0.2, -0.15) is 0 Å². The van der Waals surface area contributed by atoms with Crippen LogP contribution in [-0.2, 0) is 4.84 Å². The van der Waals surface area contributed by atoms with Crippen LogP contribution >= 0.6 is 0 Å². The van der Waals surface area contributed by atoms with Gasteiger partial charge in [-0.3, -0.25) is 0 Å². The highest BCUT2D eigenvalue weighted by atomic mass is 16.6. The van der Waals surface area contributed by atoms with E-state index < -0.39 is 0 Å². The minimum atomic E-state index is 0.950. The summed E-state index contributed by atoms with van der Waals surface area (Å²) >= 11 is 0. The van der Waals surface area contributed by atoms with Crippen LogP contribution in [0.2, 0.25) is 0 Å². The van der Waals surface area contributed by atoms with Crippen LogP contribution < -0.4 is 5.32 Å². The second-order valence-electron chi connectivity index (χ2n) is 2.54. The molecule has 0 bridgehead atoms. The van der Waals surface area contributed by atoms with Gasteiger partial charge < -0.3 is 10.2 Å². The normalized spacial score (nSPS) is 19.5. The summed E-state index contributed by atoms with van der Waals surface area (Å²) in [4.78, 5) is 4.68. The quantitative estimate of drug-likeness (QED) is 0.474. The molecule has 1 rings (SSSR count). The Morgan fingerprint density at radius 1 is 1.73 bits per heavy atom. The average Bonchev–Trinajstić information content (AvgIpc) is 2.07. The van der Waals surface area contributed by atoms with Crippen LogP contribution in [-0.4, -0.2) is 25.9 Å². The lowest BCUT2D eigenvalue weighted by Crippen LogP contribution is -2.22. The van der Waals surface area contributed by atoms with E-state index in [9.17, 15) is 0 Å². The topological polar surface area (TPSA) is 33.6 Å². The van der Waals surface area contributed by atoms with Gasteiger partial charge in [0.25, 0.3) is 0 Å². The molecule has 1 aliphatic rings. The number of nitrogens with one attached hydrogen (secondary N) is 1. The monoisotopic (exact) mass is 154 g/mol. The number of nitrogens with zero attached hydrogens (tertiary/aromatic N) is 1. The molecule has 1 N–H and O–H groups in total. The summed E-state index contributed by atoms with van der Waals surface area (Å²) in [5.74, 6) is 0. The van der Waals surface area contributed by atoms with Gasteiger partial charge in [-0.1, -0.05) is 11.2 Å². The van der Waals surface area contributed by atoms with Gasteiger partial charge >= 0.3 is 0 Å². The maximum absolute atomic E-state index is 4.68. The van der Waals surface area contributed by atoms with E-state index in [0.717, 1.165) is 25.2 Å². The number of rotatable bonds is 2. The fraction of sp³-hybridized carbons (Fsp3) is 0.625. The molecule has 0 fully saturated rings. The second-order valence-corrected chi connectivity index (χ2v) is 2.54. The summed E-state index contributed by atoms with van der Waals surface area (Å²) in [6.07, 6.45) is 3.21. The molecule has 11 heavy (non-hydrogen) atoms. The molecule has 0 aliphatic carbocycles. The molecule has 0 aromatic heterocycles. The molecule has 0 radical (unpaired) electrons. The lowest BCUT2D eigenvalue weighted by molar-refractivity contribution is 0.213. The van der Waals surface area contributed by atoms with Crippen molar-refractivity contribution in [2.24, 2.45) is 5.16 Å². The van der Waals surface area contributed by atoms with E-state index in [-0.39, 0.29) is 0 Å². The molecule has 1 heterocycles. The molecule has 0 saturated heterocycles. The van der Waals surface area contributed by atoms with E-state index >= 15 is 0 Å². The highest BCUT2D eigenvalue weighted by molar-refractivity contribution is 5.97. The summed E-state index contributed by atoms with van der Waals surface area (Å²) in [5.41, 5.74) is 2.29. The van der Waals surface area contributed by atoms with E-state index in [1.165, 1.54) is 5.57 Å². The van der Waals surface area contributed by atoms with Crippen LogP contribution in [0.1, 0.15) is 13.3 Å². The third kappa shape index (κ3) is 2.35. The number of hydrogen-bond donors (Lipinski definition) is 1. The number of hydrogen-bond acceptors (Lipinski definition) is 3. The van der Waals surface area contributed by atoms with Crippen molar-refractivity contribution in [2.45, 2.75) is 13.3 Å². The second kappa shape index (κ2) is 4.13. The maximum Gasteiger partial charge on any atom is 0.106 e. The molecule has 3 heteroatoms. The zero-order chi connectivity index (χ0) is 8.10. The van der Waals surface area contributed by atoms with Gasteiger partial charge in [0.05, 0.1) is 5.71 Å². The first-order valence-electron chi connectivity index (χ1n) is 3.82. The van der Waals surface area contributed by atoms with Gasteiger partial charge in [0.15, 0.2) is 0 Å². The van der Waals surface area contributed by atoms with Gasteiger partial charge in [0, 0.05) is 6.54 Å². The minimum Gasteiger partial charge on any atom is -0.399 e. The van der Waals surface area contributed by atoms with Crippen LogP contribution in [0, 0.1) is 0 Å². The molecule has 3 nitrogen and oxygen atoms in total. The maximum atomic E-state index is 4.68. The van der Waals surface area contributed by atoms with Gasteiger partial charge in [0.2, 0.25) is 0 Å². The van der Waals surface area contributed by atoms with Crippen molar-refractivity contribution < 1.29 is 4.84 Å². The molecule has 62 valence electrons. The van der Waals surface area contributed by atoms with Crippen molar-refractivity contribution >= 4 is 5.71 Å². The van der Waals surface area contributed by atoms with Crippen molar-refractivity contribution in [2.75, 3.05) is 20.2 Å². The van der Waals surface area contributed by atoms with Crippen LogP contribution in [0.25, 0.3) is 0 Å². The van der Waals surface area contributed by atoms with Crippen molar-refractivity contribution in [3.63, 3.8) is 0 Å². The van der Waals surface area contributed by atoms with Gasteiger partial charge in [-0.15, -0.1) is 0 Å². The van der Waals surface area contributed by atoms with Gasteiger partial charge in [0.1, 0.15) is 7.11 Å². The first-order valence-corrected chi connectivity index (χ1v) is 3.82. The first-order chi connectivity index (χ1) is 5.34. The average molecular weight is 154 g/mol. The Hall–Kier alpha value is -0.830. The summed E-state index contributed by atoms with van der Waals surface area (Å²) < 4.78 is 0. The van der Waals surface area contributed by atoms with Crippen LogP contribution in [0.5, 0.6) is 0 Å². The van der Waals surface area contributed by atoms with E-state index in [1.54, 1.807) is 7.11 Å². The van der Waals surface area contributed by atoms with Crippen molar-refractivity contribution in [3.05, 3.63) is 11.6 Å². The molecule has 0 spiro atoms. The van der Waals surface area contributed by atoms with Crippen LogP contribution in [0.15, 0.2) is 16.8 Å². The molecular formula is C8H14N2O. The number of oxime groups is 1. The van der Waals surface area contributed by atoms with E-state index in [4.69, 9.17) is 0 Å². The molecule has 0 unspecified atom stereocenters. The van der Waals surface area contributed by atoms with E-state index in [2.05, 4.69) is 21.4 Å².